The van der Waals surface area contributed by atoms with Crippen molar-refractivity contribution in [1.82, 2.24) is 5.01 Å². The van der Waals surface area contributed by atoms with Gasteiger partial charge in [-0.05, 0) is 36.5 Å². The molecule has 0 saturated heterocycles. The van der Waals surface area contributed by atoms with Gasteiger partial charge in [-0.15, -0.1) is 0 Å². The van der Waals surface area contributed by atoms with E-state index in [0.29, 0.717) is 5.92 Å². The van der Waals surface area contributed by atoms with Crippen molar-refractivity contribution < 1.29 is 9.47 Å². The van der Waals surface area contributed by atoms with E-state index < -0.39 is 5.72 Å². The van der Waals surface area contributed by atoms with Gasteiger partial charge in [0, 0.05) is 35.4 Å². The van der Waals surface area contributed by atoms with Crippen LogP contribution >= 0.6 is 11.6 Å². The van der Waals surface area contributed by atoms with Crippen LogP contribution in [0.1, 0.15) is 60.8 Å². The van der Waals surface area contributed by atoms with Crippen molar-refractivity contribution >= 4 is 17.3 Å². The fraction of sp³-hybridized carbons (Fsp3) is 0.321. The Morgan fingerprint density at radius 3 is 2.48 bits per heavy atom. The quantitative estimate of drug-likeness (QED) is 0.426. The summed E-state index contributed by atoms with van der Waals surface area (Å²) in [4.78, 5) is 0. The minimum Gasteiger partial charge on any atom is -0.493 e. The highest BCUT2D eigenvalue weighted by Crippen LogP contribution is 2.55. The van der Waals surface area contributed by atoms with Gasteiger partial charge in [0.05, 0.1) is 18.9 Å². The van der Waals surface area contributed by atoms with Crippen molar-refractivity contribution in [1.29, 1.82) is 0 Å². The SMILES string of the molecule is COc1cccc2c1OC1(CCC(c3ccccc3)CC1)N1N=C(c3ccccc3Cl)C[C@@H]21. The number of ether oxygens (including phenoxy) is 2. The summed E-state index contributed by atoms with van der Waals surface area (Å²) >= 11 is 6.56. The lowest BCUT2D eigenvalue weighted by molar-refractivity contribution is -0.143. The largest absolute Gasteiger partial charge is 0.493 e. The lowest BCUT2D eigenvalue weighted by Gasteiger charge is -2.50. The summed E-state index contributed by atoms with van der Waals surface area (Å²) in [6, 6.07) is 25.1. The molecule has 0 N–H and O–H groups in total. The molecule has 0 radical (unpaired) electrons. The third-order valence-corrected chi connectivity index (χ3v) is 7.76. The minimum atomic E-state index is -0.472. The number of fused-ring (bicyclic) bond motifs is 4. The van der Waals surface area contributed by atoms with E-state index >= 15 is 0 Å². The molecule has 1 aliphatic carbocycles. The number of halogens is 1. The molecule has 0 aromatic heterocycles. The van der Waals surface area contributed by atoms with Crippen molar-refractivity contribution in [2.45, 2.75) is 49.8 Å². The van der Waals surface area contributed by atoms with Crippen LogP contribution in [-0.4, -0.2) is 23.6 Å². The molecule has 1 atom stereocenters. The van der Waals surface area contributed by atoms with E-state index in [0.717, 1.165) is 65.5 Å². The zero-order valence-corrected chi connectivity index (χ0v) is 19.5. The van der Waals surface area contributed by atoms with Gasteiger partial charge in [-0.2, -0.15) is 5.10 Å². The molecule has 0 bridgehead atoms. The van der Waals surface area contributed by atoms with Crippen molar-refractivity contribution in [2.75, 3.05) is 7.11 Å². The summed E-state index contributed by atoms with van der Waals surface area (Å²) in [5.41, 5.74) is 4.11. The van der Waals surface area contributed by atoms with Crippen LogP contribution in [-0.2, 0) is 0 Å². The van der Waals surface area contributed by atoms with Gasteiger partial charge in [-0.3, -0.25) is 0 Å². The molecule has 6 rings (SSSR count). The number of hydrogen-bond acceptors (Lipinski definition) is 4. The molecule has 3 aliphatic rings. The monoisotopic (exact) mass is 458 g/mol. The zero-order chi connectivity index (χ0) is 22.4. The molecule has 33 heavy (non-hydrogen) atoms. The van der Waals surface area contributed by atoms with Gasteiger partial charge in [0.25, 0.3) is 0 Å². The van der Waals surface area contributed by atoms with Crippen molar-refractivity contribution in [3.63, 3.8) is 0 Å². The van der Waals surface area contributed by atoms with E-state index in [4.69, 9.17) is 26.2 Å². The van der Waals surface area contributed by atoms with Gasteiger partial charge < -0.3 is 9.47 Å². The molecular weight excluding hydrogens is 432 g/mol. The second kappa shape index (κ2) is 8.11. The number of hydrazone groups is 1. The normalized spacial score (nSPS) is 25.8. The highest BCUT2D eigenvalue weighted by Gasteiger charge is 2.52. The second-order valence-corrected chi connectivity index (χ2v) is 9.61. The molecule has 1 fully saturated rings. The predicted octanol–water partition coefficient (Wildman–Crippen LogP) is 6.95. The molecule has 0 unspecified atom stereocenters. The number of benzene rings is 3. The molecule has 0 amide bonds. The Kier molecular flexibility index (Phi) is 5.06. The van der Waals surface area contributed by atoms with E-state index in [1.807, 2.05) is 30.3 Å². The van der Waals surface area contributed by atoms with Crippen LogP contribution < -0.4 is 9.47 Å². The van der Waals surface area contributed by atoms with Crippen LogP contribution in [0.25, 0.3) is 0 Å². The first-order valence-corrected chi connectivity index (χ1v) is 12.1. The summed E-state index contributed by atoms with van der Waals surface area (Å²) in [6.07, 6.45) is 4.76. The van der Waals surface area contributed by atoms with Gasteiger partial charge in [-0.25, -0.2) is 5.01 Å². The van der Waals surface area contributed by atoms with E-state index in [9.17, 15) is 0 Å². The summed E-state index contributed by atoms with van der Waals surface area (Å²) in [5.74, 6) is 2.21. The van der Waals surface area contributed by atoms with Crippen LogP contribution in [0.5, 0.6) is 11.5 Å². The second-order valence-electron chi connectivity index (χ2n) is 9.20. The maximum absolute atomic E-state index is 6.86. The van der Waals surface area contributed by atoms with E-state index in [1.165, 1.54) is 5.56 Å². The maximum Gasteiger partial charge on any atom is 0.198 e. The molecular formula is C28H27ClN2O2. The fourth-order valence-electron chi connectivity index (χ4n) is 5.75. The highest BCUT2D eigenvalue weighted by atomic mass is 35.5. The minimum absolute atomic E-state index is 0.114. The number of hydrogen-bond donors (Lipinski definition) is 0. The Morgan fingerprint density at radius 2 is 1.73 bits per heavy atom. The Labute approximate surface area is 199 Å². The third kappa shape index (κ3) is 3.39. The number of rotatable bonds is 3. The summed E-state index contributed by atoms with van der Waals surface area (Å²) in [5, 5.41) is 8.16. The van der Waals surface area contributed by atoms with Gasteiger partial charge >= 0.3 is 0 Å². The zero-order valence-electron chi connectivity index (χ0n) is 18.7. The lowest BCUT2D eigenvalue weighted by atomic mass is 9.78. The Hall–Kier alpha value is -2.98. The van der Waals surface area contributed by atoms with Crippen LogP contribution in [0, 0.1) is 0 Å². The summed E-state index contributed by atoms with van der Waals surface area (Å²) in [7, 11) is 1.71. The molecule has 1 saturated carbocycles. The highest BCUT2D eigenvalue weighted by molar-refractivity contribution is 6.34. The standard InChI is InChI=1S/C28H27ClN2O2/c1-32-26-13-7-11-22-25-18-24(21-10-5-6-12-23(21)29)30-31(25)28(33-27(22)26)16-14-20(15-17-28)19-8-3-2-4-9-19/h2-13,20,25H,14-18H2,1H3/t20?,25-,28?/m0/s1. The molecule has 5 heteroatoms. The molecule has 1 spiro atoms. The summed E-state index contributed by atoms with van der Waals surface area (Å²) in [6.45, 7) is 0. The topological polar surface area (TPSA) is 34.1 Å². The number of nitrogens with zero attached hydrogens (tertiary/aromatic N) is 2. The van der Waals surface area contributed by atoms with E-state index in [1.54, 1.807) is 7.11 Å². The number of methoxy groups -OCH3 is 1. The third-order valence-electron chi connectivity index (χ3n) is 7.43. The molecule has 4 nitrogen and oxygen atoms in total. The van der Waals surface area contributed by atoms with E-state index in [-0.39, 0.29) is 6.04 Å². The van der Waals surface area contributed by atoms with Crippen molar-refractivity contribution in [2.24, 2.45) is 5.10 Å². The average molecular weight is 459 g/mol. The van der Waals surface area contributed by atoms with Crippen molar-refractivity contribution in [3.8, 4) is 11.5 Å². The van der Waals surface area contributed by atoms with Crippen LogP contribution in [0.4, 0.5) is 0 Å². The Morgan fingerprint density at radius 1 is 0.970 bits per heavy atom. The number of para-hydroxylation sites is 1. The molecule has 2 aliphatic heterocycles. The van der Waals surface area contributed by atoms with Gasteiger partial charge in [0.1, 0.15) is 0 Å². The first kappa shape index (κ1) is 20.6. The molecule has 168 valence electrons. The van der Waals surface area contributed by atoms with Gasteiger partial charge in [0.2, 0.25) is 0 Å². The smallest absolute Gasteiger partial charge is 0.198 e. The van der Waals surface area contributed by atoms with Gasteiger partial charge in [-0.1, -0.05) is 72.3 Å². The molecule has 2 heterocycles. The molecule has 3 aromatic rings. The first-order valence-electron chi connectivity index (χ1n) is 11.7. The van der Waals surface area contributed by atoms with E-state index in [2.05, 4.69) is 47.5 Å². The summed E-state index contributed by atoms with van der Waals surface area (Å²) < 4.78 is 12.6. The van der Waals surface area contributed by atoms with Crippen LogP contribution in [0.15, 0.2) is 77.9 Å². The fourth-order valence-corrected chi connectivity index (χ4v) is 5.99. The Bertz CT molecular complexity index is 1200. The molecule has 3 aromatic carbocycles. The predicted molar refractivity (Wildman–Crippen MR) is 131 cm³/mol. The van der Waals surface area contributed by atoms with Gasteiger partial charge in [0.15, 0.2) is 17.2 Å². The average Bonchev–Trinajstić information content (AvgIpc) is 3.32. The lowest BCUT2D eigenvalue weighted by Crippen LogP contribution is -2.55. The Balaban J connectivity index is 1.40. The van der Waals surface area contributed by atoms with Crippen LogP contribution in [0.2, 0.25) is 5.02 Å². The first-order chi connectivity index (χ1) is 16.2. The maximum atomic E-state index is 6.86. The van der Waals surface area contributed by atoms with Crippen molar-refractivity contribution in [3.05, 3.63) is 94.5 Å². The van der Waals surface area contributed by atoms with Crippen LogP contribution in [0.3, 0.4) is 0 Å².